The van der Waals surface area contributed by atoms with E-state index in [4.69, 9.17) is 4.74 Å². The lowest BCUT2D eigenvalue weighted by Gasteiger charge is -2.07. The fraction of sp³-hybridized carbons (Fsp3) is 0.833. The molecule has 0 bridgehead atoms. The van der Waals surface area contributed by atoms with Crippen LogP contribution >= 0.6 is 11.9 Å². The van der Waals surface area contributed by atoms with Crippen LogP contribution in [0.15, 0.2) is 4.40 Å². The van der Waals surface area contributed by atoms with Crippen molar-refractivity contribution in [3.05, 3.63) is 0 Å². The van der Waals surface area contributed by atoms with Crippen molar-refractivity contribution in [3.63, 3.8) is 0 Å². The molecule has 1 unspecified atom stereocenters. The van der Waals surface area contributed by atoms with E-state index in [1.165, 1.54) is 5.71 Å². The van der Waals surface area contributed by atoms with Gasteiger partial charge >= 0.3 is 0 Å². The van der Waals surface area contributed by atoms with E-state index in [0.717, 1.165) is 25.3 Å². The molecule has 1 N–H and O–H groups in total. The zero-order valence-electron chi connectivity index (χ0n) is 5.67. The topological polar surface area (TPSA) is 33.6 Å². The minimum atomic E-state index is 0.134. The Morgan fingerprint density at radius 1 is 1.70 bits per heavy atom. The summed E-state index contributed by atoms with van der Waals surface area (Å²) in [6, 6.07) is 0. The molecule has 1 fully saturated rings. The molecule has 0 spiro atoms. The Bertz CT molecular complexity index is 154. The predicted octanol–water partition coefficient (Wildman–Crippen LogP) is 0.425. The number of rotatable bonds is 1. The van der Waals surface area contributed by atoms with Crippen LogP contribution in [0.5, 0.6) is 0 Å². The molecule has 1 atom stereocenters. The first kappa shape index (κ1) is 6.64. The molecule has 2 heterocycles. The molecule has 0 radical (unpaired) electrons. The summed E-state index contributed by atoms with van der Waals surface area (Å²) in [7, 11) is 0. The molecule has 0 saturated carbocycles. The first-order chi connectivity index (χ1) is 4.97. The van der Waals surface area contributed by atoms with Gasteiger partial charge in [-0.2, -0.15) is 0 Å². The van der Waals surface area contributed by atoms with Crippen molar-refractivity contribution in [2.75, 3.05) is 18.9 Å². The van der Waals surface area contributed by atoms with Gasteiger partial charge in [-0.05, 0) is 11.9 Å². The smallest absolute Gasteiger partial charge is 0.148 e. The standard InChI is InChI=1S/C6H10N2OS/c1-4-10-8-5(1)6-7-2-3-9-6/h6-7H,1-4H2. The van der Waals surface area contributed by atoms with Gasteiger partial charge < -0.3 is 4.74 Å². The quantitative estimate of drug-likeness (QED) is 0.562. The summed E-state index contributed by atoms with van der Waals surface area (Å²) in [5.41, 5.74) is 1.18. The highest BCUT2D eigenvalue weighted by atomic mass is 32.2. The zero-order chi connectivity index (χ0) is 6.81. The maximum absolute atomic E-state index is 5.38. The van der Waals surface area contributed by atoms with Crippen molar-refractivity contribution in [2.24, 2.45) is 4.40 Å². The van der Waals surface area contributed by atoms with E-state index in [1.54, 1.807) is 11.9 Å². The maximum atomic E-state index is 5.38. The highest BCUT2D eigenvalue weighted by molar-refractivity contribution is 7.98. The van der Waals surface area contributed by atoms with Crippen LogP contribution in [0.3, 0.4) is 0 Å². The summed E-state index contributed by atoms with van der Waals surface area (Å²) in [6.07, 6.45) is 1.22. The highest BCUT2D eigenvalue weighted by Gasteiger charge is 2.22. The second kappa shape index (κ2) is 2.90. The van der Waals surface area contributed by atoms with Crippen LogP contribution < -0.4 is 5.32 Å². The Hall–Kier alpha value is -0.0600. The molecule has 0 aromatic carbocycles. The highest BCUT2D eigenvalue weighted by Crippen LogP contribution is 2.18. The summed E-state index contributed by atoms with van der Waals surface area (Å²) in [5.74, 6) is 1.12. The van der Waals surface area contributed by atoms with Crippen molar-refractivity contribution < 1.29 is 4.74 Å². The van der Waals surface area contributed by atoms with Crippen LogP contribution in [0.4, 0.5) is 0 Å². The molecule has 0 aromatic heterocycles. The van der Waals surface area contributed by atoms with Crippen molar-refractivity contribution in [1.82, 2.24) is 5.32 Å². The number of hydrogen-bond acceptors (Lipinski definition) is 4. The molecule has 0 aromatic rings. The van der Waals surface area contributed by atoms with E-state index < -0.39 is 0 Å². The van der Waals surface area contributed by atoms with Gasteiger partial charge in [-0.3, -0.25) is 5.32 Å². The summed E-state index contributed by atoms with van der Waals surface area (Å²) < 4.78 is 9.65. The third-order valence-electron chi connectivity index (χ3n) is 1.65. The number of nitrogens with zero attached hydrogens (tertiary/aromatic N) is 1. The van der Waals surface area contributed by atoms with Crippen molar-refractivity contribution in [3.8, 4) is 0 Å². The number of hydrogen-bond donors (Lipinski definition) is 1. The average Bonchev–Trinajstić information content (AvgIpc) is 2.59. The molecular formula is C6H10N2OS. The normalized spacial score (nSPS) is 32.8. The first-order valence-electron chi connectivity index (χ1n) is 3.50. The van der Waals surface area contributed by atoms with Crippen LogP contribution in [0.2, 0.25) is 0 Å². The van der Waals surface area contributed by atoms with Crippen LogP contribution in [0.1, 0.15) is 6.42 Å². The molecule has 1 saturated heterocycles. The lowest BCUT2D eigenvalue weighted by atomic mass is 10.3. The largest absolute Gasteiger partial charge is 0.356 e. The minimum absolute atomic E-state index is 0.134. The second-order valence-electron chi connectivity index (χ2n) is 2.37. The van der Waals surface area contributed by atoms with Gasteiger partial charge in [-0.1, -0.05) is 0 Å². The first-order valence-corrected chi connectivity index (χ1v) is 4.45. The molecule has 56 valence electrons. The summed E-state index contributed by atoms with van der Waals surface area (Å²) in [4.78, 5) is 0. The average molecular weight is 158 g/mol. The molecule has 0 aliphatic carbocycles. The summed E-state index contributed by atoms with van der Waals surface area (Å²) in [5, 5.41) is 3.23. The molecule has 4 heteroatoms. The van der Waals surface area contributed by atoms with E-state index >= 15 is 0 Å². The molecule has 10 heavy (non-hydrogen) atoms. The van der Waals surface area contributed by atoms with E-state index in [1.807, 2.05) is 0 Å². The van der Waals surface area contributed by atoms with E-state index in [-0.39, 0.29) is 6.23 Å². The van der Waals surface area contributed by atoms with Gasteiger partial charge in [-0.25, -0.2) is 4.40 Å². The molecular weight excluding hydrogens is 148 g/mol. The molecule has 0 amide bonds. The second-order valence-corrected chi connectivity index (χ2v) is 3.22. The van der Waals surface area contributed by atoms with Crippen LogP contribution in [0.25, 0.3) is 0 Å². The lowest BCUT2D eigenvalue weighted by molar-refractivity contribution is 0.151. The Kier molecular flexibility index (Phi) is 1.93. The van der Waals surface area contributed by atoms with Crippen molar-refractivity contribution in [1.29, 1.82) is 0 Å². The monoisotopic (exact) mass is 158 g/mol. The fourth-order valence-electron chi connectivity index (χ4n) is 1.14. The van der Waals surface area contributed by atoms with Crippen LogP contribution in [-0.4, -0.2) is 30.8 Å². The van der Waals surface area contributed by atoms with E-state index in [9.17, 15) is 0 Å². The number of nitrogens with one attached hydrogen (secondary N) is 1. The van der Waals surface area contributed by atoms with Crippen molar-refractivity contribution in [2.45, 2.75) is 12.6 Å². The van der Waals surface area contributed by atoms with Gasteiger partial charge in [-0.15, -0.1) is 0 Å². The van der Waals surface area contributed by atoms with Crippen LogP contribution in [0, 0.1) is 0 Å². The molecule has 3 nitrogen and oxygen atoms in total. The van der Waals surface area contributed by atoms with Gasteiger partial charge in [0.05, 0.1) is 12.3 Å². The third-order valence-corrected chi connectivity index (χ3v) is 2.40. The SMILES string of the molecule is C1COC(C2=NSCC2)N1. The van der Waals surface area contributed by atoms with Gasteiger partial charge in [0.25, 0.3) is 0 Å². The van der Waals surface area contributed by atoms with Gasteiger partial charge in [0, 0.05) is 18.7 Å². The van der Waals surface area contributed by atoms with Gasteiger partial charge in [0.1, 0.15) is 6.23 Å². The minimum Gasteiger partial charge on any atom is -0.356 e. The Morgan fingerprint density at radius 2 is 2.70 bits per heavy atom. The predicted molar refractivity (Wildman–Crippen MR) is 42.3 cm³/mol. The maximum Gasteiger partial charge on any atom is 0.148 e. The Morgan fingerprint density at radius 3 is 3.30 bits per heavy atom. The molecule has 2 aliphatic rings. The summed E-state index contributed by atoms with van der Waals surface area (Å²) >= 11 is 1.64. The van der Waals surface area contributed by atoms with E-state index in [0.29, 0.717) is 0 Å². The number of ether oxygens (including phenoxy) is 1. The van der Waals surface area contributed by atoms with Crippen LogP contribution in [-0.2, 0) is 4.74 Å². The Labute approximate surface area is 64.4 Å². The van der Waals surface area contributed by atoms with Gasteiger partial charge in [0.2, 0.25) is 0 Å². The zero-order valence-corrected chi connectivity index (χ0v) is 6.49. The third kappa shape index (κ3) is 1.19. The van der Waals surface area contributed by atoms with Gasteiger partial charge in [0.15, 0.2) is 0 Å². The van der Waals surface area contributed by atoms with E-state index in [2.05, 4.69) is 9.71 Å². The fourth-order valence-corrected chi connectivity index (χ4v) is 1.89. The summed E-state index contributed by atoms with van der Waals surface area (Å²) in [6.45, 7) is 1.79. The molecule has 2 rings (SSSR count). The molecule has 2 aliphatic heterocycles. The van der Waals surface area contributed by atoms with Crippen molar-refractivity contribution >= 4 is 17.7 Å². The Balaban J connectivity index is 1.97. The lowest BCUT2D eigenvalue weighted by Crippen LogP contribution is -2.30.